The molecule has 0 heterocycles. The van der Waals surface area contributed by atoms with Crippen LogP contribution in [0, 0.1) is 12.7 Å². The number of rotatable bonds is 2. The van der Waals surface area contributed by atoms with Crippen molar-refractivity contribution in [1.29, 1.82) is 0 Å². The quantitative estimate of drug-likeness (QED) is 0.524. The summed E-state index contributed by atoms with van der Waals surface area (Å²) in [4.78, 5) is 0.0635. The third-order valence-electron chi connectivity index (χ3n) is 3.55. The fraction of sp³-hybridized carbons (Fsp3) is 0.111. The van der Waals surface area contributed by atoms with Gasteiger partial charge in [0.05, 0.1) is 4.83 Å². The molecule has 0 saturated heterocycles. The van der Waals surface area contributed by atoms with Crippen LogP contribution in [0.5, 0.6) is 0 Å². The molecule has 1 atom stereocenters. The minimum atomic E-state index is -0.173. The number of alkyl halides is 1. The number of hydrogen-bond donors (Lipinski definition) is 0. The number of aryl methyl sites for hydroxylation is 1. The average Bonchev–Trinajstić information content (AvgIpc) is 2.48. The van der Waals surface area contributed by atoms with E-state index in [1.54, 1.807) is 6.07 Å². The van der Waals surface area contributed by atoms with E-state index in [1.807, 2.05) is 30.3 Å². The Balaban J connectivity index is 2.14. The van der Waals surface area contributed by atoms with E-state index in [9.17, 15) is 4.39 Å². The molecule has 3 aromatic rings. The highest BCUT2D eigenvalue weighted by molar-refractivity contribution is 9.09. The van der Waals surface area contributed by atoms with Crippen LogP contribution in [0.1, 0.15) is 21.5 Å². The predicted octanol–water partition coefficient (Wildman–Crippen LogP) is 5.77. The van der Waals surface area contributed by atoms with Crippen LogP contribution in [-0.4, -0.2) is 0 Å². The van der Waals surface area contributed by atoms with Crippen LogP contribution in [0.3, 0.4) is 0 Å². The van der Waals surface area contributed by atoms with Crippen molar-refractivity contribution in [2.75, 3.05) is 0 Å². The Morgan fingerprint density at radius 3 is 2.20 bits per heavy atom. The summed E-state index contributed by atoms with van der Waals surface area (Å²) in [6.07, 6.45) is 0. The maximum absolute atomic E-state index is 13.9. The van der Waals surface area contributed by atoms with Gasteiger partial charge in [0.15, 0.2) is 0 Å². The molecule has 3 rings (SSSR count). The Hall–Kier alpha value is -1.67. The van der Waals surface area contributed by atoms with Gasteiger partial charge in [-0.1, -0.05) is 76.1 Å². The third kappa shape index (κ3) is 2.36. The second-order valence-corrected chi connectivity index (χ2v) is 5.87. The maximum Gasteiger partial charge on any atom is 0.131 e. The highest BCUT2D eigenvalue weighted by atomic mass is 79.9. The molecule has 0 aromatic heterocycles. The second kappa shape index (κ2) is 5.37. The van der Waals surface area contributed by atoms with Gasteiger partial charge in [0.2, 0.25) is 0 Å². The first-order valence-corrected chi connectivity index (χ1v) is 7.46. The minimum Gasteiger partial charge on any atom is -0.206 e. The second-order valence-electron chi connectivity index (χ2n) is 4.96. The standard InChI is InChI=1S/C18H14BrF/c1-12-6-8-13(9-7-12)18(19)16-10-11-17(20)15-5-3-2-4-14(15)16/h2-11,18H,1H3. The van der Waals surface area contributed by atoms with Crippen molar-refractivity contribution in [3.05, 3.63) is 83.2 Å². The summed E-state index contributed by atoms with van der Waals surface area (Å²) in [5, 5.41) is 1.62. The van der Waals surface area contributed by atoms with Crippen molar-refractivity contribution >= 4 is 26.7 Å². The first-order chi connectivity index (χ1) is 9.66. The lowest BCUT2D eigenvalue weighted by atomic mass is 9.97. The summed E-state index contributed by atoms with van der Waals surface area (Å²) in [5.74, 6) is -0.173. The normalized spacial score (nSPS) is 12.6. The van der Waals surface area contributed by atoms with Gasteiger partial charge in [0.1, 0.15) is 5.82 Å². The Bertz CT molecular complexity index is 747. The molecule has 1 unspecified atom stereocenters. The van der Waals surface area contributed by atoms with Crippen LogP contribution in [-0.2, 0) is 0 Å². The maximum atomic E-state index is 13.9. The molecule has 0 N–H and O–H groups in total. The van der Waals surface area contributed by atoms with E-state index in [-0.39, 0.29) is 10.6 Å². The van der Waals surface area contributed by atoms with Crippen molar-refractivity contribution in [2.45, 2.75) is 11.8 Å². The number of fused-ring (bicyclic) bond motifs is 1. The molecule has 0 amide bonds. The zero-order valence-electron chi connectivity index (χ0n) is 11.1. The molecule has 20 heavy (non-hydrogen) atoms. The highest BCUT2D eigenvalue weighted by Crippen LogP contribution is 2.36. The molecule has 0 aliphatic carbocycles. The van der Waals surface area contributed by atoms with Crippen molar-refractivity contribution in [2.24, 2.45) is 0 Å². The fourth-order valence-electron chi connectivity index (χ4n) is 2.42. The number of hydrogen-bond acceptors (Lipinski definition) is 0. The summed E-state index contributed by atoms with van der Waals surface area (Å²) < 4.78 is 13.9. The summed E-state index contributed by atoms with van der Waals surface area (Å²) in [6.45, 7) is 2.07. The van der Waals surface area contributed by atoms with Crippen molar-refractivity contribution in [3.63, 3.8) is 0 Å². The Labute approximate surface area is 126 Å². The van der Waals surface area contributed by atoms with Gasteiger partial charge in [-0.05, 0) is 29.5 Å². The van der Waals surface area contributed by atoms with Crippen LogP contribution >= 0.6 is 15.9 Å². The lowest BCUT2D eigenvalue weighted by Gasteiger charge is -2.14. The average molecular weight is 329 g/mol. The van der Waals surface area contributed by atoms with E-state index >= 15 is 0 Å². The molecular weight excluding hydrogens is 315 g/mol. The van der Waals surface area contributed by atoms with Gasteiger partial charge >= 0.3 is 0 Å². The Morgan fingerprint density at radius 2 is 1.50 bits per heavy atom. The monoisotopic (exact) mass is 328 g/mol. The van der Waals surface area contributed by atoms with E-state index in [1.165, 1.54) is 11.1 Å². The highest BCUT2D eigenvalue weighted by Gasteiger charge is 2.14. The Kier molecular flexibility index (Phi) is 3.58. The topological polar surface area (TPSA) is 0 Å². The van der Waals surface area contributed by atoms with Gasteiger partial charge in [-0.25, -0.2) is 4.39 Å². The number of halogens is 2. The van der Waals surface area contributed by atoms with Crippen LogP contribution in [0.15, 0.2) is 60.7 Å². The van der Waals surface area contributed by atoms with Gasteiger partial charge < -0.3 is 0 Å². The summed E-state index contributed by atoms with van der Waals surface area (Å²) >= 11 is 3.74. The van der Waals surface area contributed by atoms with E-state index in [2.05, 4.69) is 47.1 Å². The van der Waals surface area contributed by atoms with Crippen molar-refractivity contribution < 1.29 is 4.39 Å². The predicted molar refractivity (Wildman–Crippen MR) is 85.9 cm³/mol. The van der Waals surface area contributed by atoms with Crippen LogP contribution in [0.25, 0.3) is 10.8 Å². The molecule has 0 aliphatic rings. The molecule has 100 valence electrons. The molecule has 0 aliphatic heterocycles. The summed E-state index contributed by atoms with van der Waals surface area (Å²) in [7, 11) is 0. The number of benzene rings is 3. The van der Waals surface area contributed by atoms with Gasteiger partial charge in [0.25, 0.3) is 0 Å². The first-order valence-electron chi connectivity index (χ1n) is 6.54. The zero-order valence-corrected chi connectivity index (χ0v) is 12.7. The van der Waals surface area contributed by atoms with E-state index < -0.39 is 0 Å². The van der Waals surface area contributed by atoms with Crippen molar-refractivity contribution in [3.8, 4) is 0 Å². The first kappa shape index (κ1) is 13.3. The fourth-order valence-corrected chi connectivity index (χ4v) is 3.13. The zero-order chi connectivity index (χ0) is 14.1. The minimum absolute atomic E-state index is 0.0635. The molecule has 3 aromatic carbocycles. The van der Waals surface area contributed by atoms with Gasteiger partial charge in [-0.2, -0.15) is 0 Å². The molecule has 0 fully saturated rings. The molecule has 0 nitrogen and oxygen atoms in total. The smallest absolute Gasteiger partial charge is 0.131 e. The van der Waals surface area contributed by atoms with Crippen LogP contribution in [0.2, 0.25) is 0 Å². The van der Waals surface area contributed by atoms with E-state index in [0.717, 1.165) is 10.9 Å². The van der Waals surface area contributed by atoms with Crippen LogP contribution in [0.4, 0.5) is 4.39 Å². The van der Waals surface area contributed by atoms with E-state index in [0.29, 0.717) is 5.39 Å². The van der Waals surface area contributed by atoms with E-state index in [4.69, 9.17) is 0 Å². The van der Waals surface area contributed by atoms with Crippen LogP contribution < -0.4 is 0 Å². The van der Waals surface area contributed by atoms with Crippen molar-refractivity contribution in [1.82, 2.24) is 0 Å². The molecule has 0 saturated carbocycles. The summed E-state index contributed by atoms with van der Waals surface area (Å²) in [6, 6.07) is 19.4. The molecular formula is C18H14BrF. The molecule has 0 radical (unpaired) electrons. The summed E-state index contributed by atoms with van der Waals surface area (Å²) in [5.41, 5.74) is 3.50. The van der Waals surface area contributed by atoms with Gasteiger partial charge in [0, 0.05) is 5.39 Å². The lowest BCUT2D eigenvalue weighted by molar-refractivity contribution is 0.639. The molecule has 0 spiro atoms. The lowest BCUT2D eigenvalue weighted by Crippen LogP contribution is -1.95. The molecule has 0 bridgehead atoms. The van der Waals surface area contributed by atoms with Gasteiger partial charge in [-0.15, -0.1) is 0 Å². The van der Waals surface area contributed by atoms with Gasteiger partial charge in [-0.3, -0.25) is 0 Å². The Morgan fingerprint density at radius 1 is 0.850 bits per heavy atom. The third-order valence-corrected chi connectivity index (χ3v) is 4.57. The largest absolute Gasteiger partial charge is 0.206 e. The SMILES string of the molecule is Cc1ccc(C(Br)c2ccc(F)c3ccccc23)cc1. The molecule has 2 heteroatoms.